The summed E-state index contributed by atoms with van der Waals surface area (Å²) in [5.74, 6) is -0.548. The lowest BCUT2D eigenvalue weighted by atomic mass is 10.1. The first-order valence-electron chi connectivity index (χ1n) is 8.51. The van der Waals surface area contributed by atoms with E-state index in [4.69, 9.17) is 0 Å². The fourth-order valence-electron chi connectivity index (χ4n) is 3.01. The van der Waals surface area contributed by atoms with Crippen LogP contribution in [-0.4, -0.2) is 22.2 Å². The molecule has 27 heavy (non-hydrogen) atoms. The molecule has 0 saturated carbocycles. The van der Waals surface area contributed by atoms with Crippen LogP contribution in [0.3, 0.4) is 0 Å². The Morgan fingerprint density at radius 2 is 1.63 bits per heavy atom. The maximum absolute atomic E-state index is 12.2. The summed E-state index contributed by atoms with van der Waals surface area (Å²) in [5, 5.41) is 14.9. The van der Waals surface area contributed by atoms with E-state index in [1.54, 1.807) is 24.4 Å². The zero-order valence-corrected chi connectivity index (χ0v) is 14.4. The lowest BCUT2D eigenvalue weighted by molar-refractivity contribution is 0.0952. The zero-order chi connectivity index (χ0) is 18.6. The van der Waals surface area contributed by atoms with Gasteiger partial charge in [0.05, 0.1) is 17.5 Å². The third kappa shape index (κ3) is 3.30. The van der Waals surface area contributed by atoms with Crippen LogP contribution < -0.4 is 5.43 Å². The number of phenolic OH excluding ortho intramolecular Hbond substituents is 1. The van der Waals surface area contributed by atoms with Gasteiger partial charge in [0.2, 0.25) is 0 Å². The number of carbonyl (C=O) groups is 1. The van der Waals surface area contributed by atoms with Crippen molar-refractivity contribution in [1.82, 2.24) is 10.4 Å². The van der Waals surface area contributed by atoms with E-state index in [0.717, 1.165) is 27.7 Å². The van der Waals surface area contributed by atoms with Crippen LogP contribution in [0, 0.1) is 0 Å². The van der Waals surface area contributed by atoms with Gasteiger partial charge < -0.3 is 10.1 Å². The Labute approximate surface area is 156 Å². The quantitative estimate of drug-likeness (QED) is 0.377. The van der Waals surface area contributed by atoms with Gasteiger partial charge in [0.1, 0.15) is 5.75 Å². The number of aromatic hydroxyl groups is 1. The van der Waals surface area contributed by atoms with Gasteiger partial charge >= 0.3 is 0 Å². The van der Waals surface area contributed by atoms with Gasteiger partial charge in [-0.3, -0.25) is 4.79 Å². The Balaban J connectivity index is 1.68. The number of benzene rings is 3. The number of fused-ring (bicyclic) bond motifs is 1. The maximum Gasteiger partial charge on any atom is 0.275 e. The van der Waals surface area contributed by atoms with Crippen molar-refractivity contribution in [2.45, 2.75) is 0 Å². The van der Waals surface area contributed by atoms with Crippen LogP contribution in [0.2, 0.25) is 0 Å². The zero-order valence-electron chi connectivity index (χ0n) is 14.4. The van der Waals surface area contributed by atoms with Crippen molar-refractivity contribution >= 4 is 23.0 Å². The number of amides is 1. The summed E-state index contributed by atoms with van der Waals surface area (Å²) in [6.45, 7) is 0. The van der Waals surface area contributed by atoms with Crippen molar-refractivity contribution in [2.24, 2.45) is 5.10 Å². The Morgan fingerprint density at radius 3 is 2.44 bits per heavy atom. The molecule has 0 radical (unpaired) electrons. The molecule has 0 aliphatic heterocycles. The minimum Gasteiger partial charge on any atom is -0.507 e. The van der Waals surface area contributed by atoms with E-state index in [2.05, 4.69) is 15.5 Å². The summed E-state index contributed by atoms with van der Waals surface area (Å²) in [7, 11) is 0. The number of phenols is 1. The van der Waals surface area contributed by atoms with Crippen LogP contribution in [0.1, 0.15) is 15.9 Å². The van der Waals surface area contributed by atoms with E-state index in [0.29, 0.717) is 0 Å². The number of aromatic amines is 1. The van der Waals surface area contributed by atoms with E-state index in [1.165, 1.54) is 6.07 Å². The van der Waals surface area contributed by atoms with Gasteiger partial charge in [0, 0.05) is 16.5 Å². The predicted molar refractivity (Wildman–Crippen MR) is 107 cm³/mol. The molecule has 1 aromatic heterocycles. The van der Waals surface area contributed by atoms with E-state index in [1.807, 2.05) is 54.6 Å². The molecule has 1 heterocycles. The standard InChI is InChI=1S/C22H17N3O2/c26-20-13-7-5-11-17(20)22(27)25-23-14-18-16-10-4-6-12-19(16)24-21(18)15-8-2-1-3-9-15/h1-14,24,26H,(H,25,27)/b23-14-. The fraction of sp³-hybridized carbons (Fsp3) is 0. The molecule has 0 saturated heterocycles. The van der Waals surface area contributed by atoms with E-state index < -0.39 is 5.91 Å². The average Bonchev–Trinajstić information content (AvgIpc) is 3.08. The van der Waals surface area contributed by atoms with Crippen LogP contribution in [-0.2, 0) is 0 Å². The Hall–Kier alpha value is -3.86. The third-order valence-corrected chi connectivity index (χ3v) is 4.32. The molecular weight excluding hydrogens is 338 g/mol. The highest BCUT2D eigenvalue weighted by atomic mass is 16.3. The second kappa shape index (κ2) is 7.17. The summed E-state index contributed by atoms with van der Waals surface area (Å²) >= 11 is 0. The fourth-order valence-corrected chi connectivity index (χ4v) is 3.01. The lowest BCUT2D eigenvalue weighted by Gasteiger charge is -2.03. The Kier molecular flexibility index (Phi) is 4.41. The summed E-state index contributed by atoms with van der Waals surface area (Å²) in [6, 6.07) is 24.2. The molecule has 4 aromatic rings. The Morgan fingerprint density at radius 1 is 0.926 bits per heavy atom. The summed E-state index contributed by atoms with van der Waals surface area (Å²) in [6.07, 6.45) is 1.62. The third-order valence-electron chi connectivity index (χ3n) is 4.32. The number of rotatable bonds is 4. The monoisotopic (exact) mass is 355 g/mol. The molecule has 0 aliphatic rings. The molecule has 5 nitrogen and oxygen atoms in total. The second-order valence-electron chi connectivity index (χ2n) is 6.04. The molecule has 0 aliphatic carbocycles. The van der Waals surface area contributed by atoms with Gasteiger partial charge in [0.15, 0.2) is 0 Å². The first-order valence-corrected chi connectivity index (χ1v) is 8.51. The highest BCUT2D eigenvalue weighted by molar-refractivity contribution is 6.06. The van der Waals surface area contributed by atoms with Crippen molar-refractivity contribution in [3.8, 4) is 17.0 Å². The minimum atomic E-state index is -0.467. The molecule has 0 bridgehead atoms. The van der Waals surface area contributed by atoms with E-state index in [9.17, 15) is 9.90 Å². The molecular formula is C22H17N3O2. The highest BCUT2D eigenvalue weighted by Gasteiger charge is 2.12. The number of hydrazone groups is 1. The van der Waals surface area contributed by atoms with Gasteiger partial charge in [-0.15, -0.1) is 0 Å². The first-order chi connectivity index (χ1) is 13.2. The normalized spacial score (nSPS) is 11.1. The molecule has 0 spiro atoms. The van der Waals surface area contributed by atoms with Crippen LogP contribution in [0.15, 0.2) is 84.0 Å². The van der Waals surface area contributed by atoms with Crippen molar-refractivity contribution < 1.29 is 9.90 Å². The predicted octanol–water partition coefficient (Wildman–Crippen LogP) is 4.30. The van der Waals surface area contributed by atoms with Crippen molar-refractivity contribution in [3.05, 3.63) is 90.0 Å². The lowest BCUT2D eigenvalue weighted by Crippen LogP contribution is -2.17. The van der Waals surface area contributed by atoms with Crippen LogP contribution in [0.25, 0.3) is 22.2 Å². The average molecular weight is 355 g/mol. The smallest absolute Gasteiger partial charge is 0.275 e. The summed E-state index contributed by atoms with van der Waals surface area (Å²) in [5.41, 5.74) is 6.49. The minimum absolute atomic E-state index is 0.0812. The van der Waals surface area contributed by atoms with E-state index in [-0.39, 0.29) is 11.3 Å². The van der Waals surface area contributed by atoms with Gasteiger partial charge in [-0.1, -0.05) is 60.7 Å². The van der Waals surface area contributed by atoms with Crippen molar-refractivity contribution in [3.63, 3.8) is 0 Å². The van der Waals surface area contributed by atoms with Crippen molar-refractivity contribution in [2.75, 3.05) is 0 Å². The molecule has 1 amide bonds. The largest absolute Gasteiger partial charge is 0.507 e. The highest BCUT2D eigenvalue weighted by Crippen LogP contribution is 2.28. The van der Waals surface area contributed by atoms with Crippen LogP contribution in [0.4, 0.5) is 0 Å². The Bertz CT molecular complexity index is 1130. The topological polar surface area (TPSA) is 77.5 Å². The molecule has 132 valence electrons. The van der Waals surface area contributed by atoms with Gasteiger partial charge in [-0.05, 0) is 23.8 Å². The van der Waals surface area contributed by atoms with Crippen molar-refractivity contribution in [1.29, 1.82) is 0 Å². The maximum atomic E-state index is 12.2. The van der Waals surface area contributed by atoms with Gasteiger partial charge in [-0.25, -0.2) is 5.43 Å². The number of para-hydroxylation sites is 2. The number of aromatic nitrogens is 1. The molecule has 0 fully saturated rings. The number of nitrogens with one attached hydrogen (secondary N) is 2. The SMILES string of the molecule is O=C(N/N=C\c1c(-c2ccccc2)[nH]c2ccccc12)c1ccccc1O. The number of hydrogen-bond acceptors (Lipinski definition) is 3. The molecule has 0 atom stereocenters. The second-order valence-corrected chi connectivity index (χ2v) is 6.04. The number of nitrogens with zero attached hydrogens (tertiary/aromatic N) is 1. The van der Waals surface area contributed by atoms with Gasteiger partial charge in [-0.2, -0.15) is 5.10 Å². The summed E-state index contributed by atoms with van der Waals surface area (Å²) in [4.78, 5) is 15.6. The first kappa shape index (κ1) is 16.6. The molecule has 5 heteroatoms. The number of carbonyl (C=O) groups excluding carboxylic acids is 1. The van der Waals surface area contributed by atoms with Gasteiger partial charge in [0.25, 0.3) is 5.91 Å². The van der Waals surface area contributed by atoms with E-state index >= 15 is 0 Å². The number of H-pyrrole nitrogens is 1. The summed E-state index contributed by atoms with van der Waals surface area (Å²) < 4.78 is 0. The molecule has 3 aromatic carbocycles. The van der Waals surface area contributed by atoms with Crippen LogP contribution in [0.5, 0.6) is 5.75 Å². The number of hydrogen-bond donors (Lipinski definition) is 3. The molecule has 4 rings (SSSR count). The molecule has 0 unspecified atom stereocenters. The molecule has 3 N–H and O–H groups in total. The van der Waals surface area contributed by atoms with Crippen LogP contribution >= 0.6 is 0 Å².